The van der Waals surface area contributed by atoms with Crippen LogP contribution in [0.4, 0.5) is 4.79 Å². The number of nitrogens with one attached hydrogen (secondary N) is 3. The fourth-order valence-corrected chi connectivity index (χ4v) is 7.41. The van der Waals surface area contributed by atoms with E-state index in [2.05, 4.69) is 21.9 Å². The van der Waals surface area contributed by atoms with Gasteiger partial charge in [-0.05, 0) is 57.8 Å². The van der Waals surface area contributed by atoms with Crippen molar-refractivity contribution in [2.24, 2.45) is 17.1 Å². The molecule has 0 bridgehead atoms. The molecule has 0 aromatic carbocycles. The maximum absolute atomic E-state index is 13.6. The molecule has 2 fully saturated rings. The van der Waals surface area contributed by atoms with Crippen LogP contribution < -0.4 is 21.7 Å². The second-order valence-corrected chi connectivity index (χ2v) is 16.6. The first kappa shape index (κ1) is 36.1. The first-order valence-electron chi connectivity index (χ1n) is 14.9. The molecule has 0 aromatic heterocycles. The molecule has 1 heterocycles. The van der Waals surface area contributed by atoms with Crippen LogP contribution in [0.2, 0.25) is 0 Å². The van der Waals surface area contributed by atoms with Crippen molar-refractivity contribution < 1.29 is 32.4 Å². The number of Topliss-reactive ketones (excluding diaryl/α,β-unsaturated/α-hetero) is 1. The number of hydrogen-bond acceptors (Lipinski definition) is 7. The number of carbonyl (C=O) groups excluding carboxylic acids is 5. The van der Waals surface area contributed by atoms with Crippen molar-refractivity contribution in [3.05, 3.63) is 0 Å². The van der Waals surface area contributed by atoms with Crippen LogP contribution in [0.3, 0.4) is 0 Å². The lowest BCUT2D eigenvalue weighted by Gasteiger charge is -2.39. The zero-order chi connectivity index (χ0) is 32.8. The molecule has 5 amide bonds. The molecule has 1 aliphatic heterocycles. The number of likely N-dealkylation sites (tertiary alicyclic amines) is 1. The quantitative estimate of drug-likeness (QED) is 0.198. The molecule has 2 rings (SSSR count). The Hall–Kier alpha value is -3.14. The van der Waals surface area contributed by atoms with Gasteiger partial charge in [0, 0.05) is 13.0 Å². The summed E-state index contributed by atoms with van der Waals surface area (Å²) >= 11 is 0. The Kier molecular flexibility index (Phi) is 11.8. The molecular weight excluding hydrogens is 574 g/mol. The third-order valence-corrected chi connectivity index (χ3v) is 11.3. The number of carbonyl (C=O) groups is 5. The Bertz CT molecular complexity index is 1220. The molecule has 0 aromatic rings. The number of rotatable bonds is 11. The number of sulfone groups is 1. The fraction of sp³-hybridized carbons (Fsp3) is 0.767. The minimum atomic E-state index is -3.54. The molecule has 1 saturated heterocycles. The lowest BCUT2D eigenvalue weighted by molar-refractivity contribution is -0.142. The van der Waals surface area contributed by atoms with E-state index in [4.69, 9.17) is 12.2 Å². The van der Waals surface area contributed by atoms with Gasteiger partial charge in [0.2, 0.25) is 17.6 Å². The third-order valence-electron chi connectivity index (χ3n) is 8.54. The van der Waals surface area contributed by atoms with E-state index in [0.29, 0.717) is 19.3 Å². The maximum atomic E-state index is 13.6. The number of terminal acetylenes is 1. The smallest absolute Gasteiger partial charge is 0.315 e. The van der Waals surface area contributed by atoms with Gasteiger partial charge in [-0.15, -0.1) is 12.3 Å². The van der Waals surface area contributed by atoms with Gasteiger partial charge in [-0.25, -0.2) is 13.2 Å². The predicted octanol–water partition coefficient (Wildman–Crippen LogP) is 1.42. The number of nitrogens with two attached hydrogens (primary N) is 1. The summed E-state index contributed by atoms with van der Waals surface area (Å²) in [6, 6.07) is -2.85. The average molecular weight is 624 g/mol. The fourth-order valence-electron chi connectivity index (χ4n) is 5.89. The number of nitrogens with zero attached hydrogens (tertiary/aromatic N) is 1. The maximum Gasteiger partial charge on any atom is 0.315 e. The van der Waals surface area contributed by atoms with Crippen molar-refractivity contribution in [2.75, 3.05) is 18.8 Å². The molecule has 0 spiro atoms. The molecule has 2 aliphatic rings. The molecule has 1 aliphatic carbocycles. The molecule has 13 heteroatoms. The predicted molar refractivity (Wildman–Crippen MR) is 163 cm³/mol. The van der Waals surface area contributed by atoms with E-state index < -0.39 is 73.7 Å². The normalized spacial score (nSPS) is 21.3. The molecule has 5 N–H and O–H groups in total. The Labute approximate surface area is 255 Å². The first-order valence-corrected chi connectivity index (χ1v) is 16.6. The van der Waals surface area contributed by atoms with Gasteiger partial charge in [-0.3, -0.25) is 19.2 Å². The van der Waals surface area contributed by atoms with Gasteiger partial charge < -0.3 is 26.6 Å². The Morgan fingerprint density at radius 2 is 1.65 bits per heavy atom. The van der Waals surface area contributed by atoms with Gasteiger partial charge in [0.1, 0.15) is 6.04 Å². The van der Waals surface area contributed by atoms with Crippen LogP contribution >= 0.6 is 0 Å². The highest BCUT2D eigenvalue weighted by molar-refractivity contribution is 7.92. The van der Waals surface area contributed by atoms with Gasteiger partial charge in [0.05, 0.1) is 28.6 Å². The van der Waals surface area contributed by atoms with Crippen LogP contribution in [-0.2, 0) is 29.0 Å². The van der Waals surface area contributed by atoms with Crippen LogP contribution in [0.5, 0.6) is 0 Å². The van der Waals surface area contributed by atoms with Gasteiger partial charge in [-0.1, -0.05) is 40.0 Å². The molecule has 242 valence electrons. The van der Waals surface area contributed by atoms with Gasteiger partial charge in [0.25, 0.3) is 5.91 Å². The highest BCUT2D eigenvalue weighted by Gasteiger charge is 2.47. The summed E-state index contributed by atoms with van der Waals surface area (Å²) in [4.78, 5) is 65.3. The van der Waals surface area contributed by atoms with Crippen LogP contribution in [0.1, 0.15) is 92.9 Å². The summed E-state index contributed by atoms with van der Waals surface area (Å²) in [6.45, 7) is 10.5. The second-order valence-electron chi connectivity index (χ2n) is 13.8. The third kappa shape index (κ3) is 9.42. The number of hydrogen-bond donors (Lipinski definition) is 4. The van der Waals surface area contributed by atoms with Crippen LogP contribution in [-0.4, -0.2) is 84.1 Å². The highest BCUT2D eigenvalue weighted by Crippen LogP contribution is 2.39. The number of ketones is 1. The number of urea groups is 1. The second kappa shape index (κ2) is 14.1. The lowest BCUT2D eigenvalue weighted by atomic mass is 9.76. The van der Waals surface area contributed by atoms with Crippen molar-refractivity contribution in [2.45, 2.75) is 115 Å². The number of primary amides is 1. The van der Waals surface area contributed by atoms with E-state index in [1.54, 1.807) is 20.8 Å². The first-order chi connectivity index (χ1) is 19.7. The largest absolute Gasteiger partial charge is 0.363 e. The minimum absolute atomic E-state index is 0.0132. The van der Waals surface area contributed by atoms with E-state index in [1.165, 1.54) is 4.90 Å². The summed E-state index contributed by atoms with van der Waals surface area (Å²) < 4.78 is 25.1. The summed E-state index contributed by atoms with van der Waals surface area (Å²) in [5.41, 5.74) is 3.84. The van der Waals surface area contributed by atoms with Crippen LogP contribution in [0.25, 0.3) is 0 Å². The Morgan fingerprint density at radius 3 is 2.16 bits per heavy atom. The van der Waals surface area contributed by atoms with E-state index in [-0.39, 0.29) is 31.1 Å². The molecule has 3 atom stereocenters. The van der Waals surface area contributed by atoms with Crippen molar-refractivity contribution in [3.63, 3.8) is 0 Å². The molecule has 43 heavy (non-hydrogen) atoms. The topological polar surface area (TPSA) is 185 Å². The molecule has 0 radical (unpaired) electrons. The van der Waals surface area contributed by atoms with Crippen LogP contribution in [0.15, 0.2) is 0 Å². The average Bonchev–Trinajstić information content (AvgIpc) is 3.35. The highest BCUT2D eigenvalue weighted by atomic mass is 32.2. The Balaban J connectivity index is 2.19. The number of amides is 5. The van der Waals surface area contributed by atoms with E-state index in [0.717, 1.165) is 19.3 Å². The lowest BCUT2D eigenvalue weighted by Crippen LogP contribution is -2.59. The minimum Gasteiger partial charge on any atom is -0.363 e. The summed E-state index contributed by atoms with van der Waals surface area (Å²) in [5, 5.41) is 8.02. The Morgan fingerprint density at radius 1 is 1.05 bits per heavy atom. The zero-order valence-electron chi connectivity index (χ0n) is 26.4. The van der Waals surface area contributed by atoms with Gasteiger partial charge >= 0.3 is 6.03 Å². The standard InChI is InChI=1S/C30H49N5O7S/c1-8-9-13-21(24(37)25(31)38)33-26(39)23-20(28(2,3)4)14-17-35(23)22(36)18-32-27(40)34-30(15-11-10-12-16-30)19-43(41,42)29(5,6)7/h1,20-21,23H,9-19H2,2-7H3,(H2,31,38)(H,33,39)(H2,32,34,40). The molecule has 12 nitrogen and oxygen atoms in total. The van der Waals surface area contributed by atoms with Crippen molar-refractivity contribution in [1.29, 1.82) is 0 Å². The molecule has 3 unspecified atom stereocenters. The van der Waals surface area contributed by atoms with Gasteiger partial charge in [0.15, 0.2) is 9.84 Å². The summed E-state index contributed by atoms with van der Waals surface area (Å²) in [5.74, 6) is -1.40. The summed E-state index contributed by atoms with van der Waals surface area (Å²) in [6.07, 6.45) is 9.47. The van der Waals surface area contributed by atoms with Crippen LogP contribution in [0, 0.1) is 23.7 Å². The SMILES string of the molecule is C#CCCC(NC(=O)C1C(C(C)(C)C)CCN1C(=O)CNC(=O)NC1(CS(=O)(=O)C(C)(C)C)CCCCC1)C(=O)C(N)=O. The summed E-state index contributed by atoms with van der Waals surface area (Å²) in [7, 11) is -3.54. The van der Waals surface area contributed by atoms with E-state index in [1.807, 2.05) is 20.8 Å². The zero-order valence-corrected chi connectivity index (χ0v) is 27.2. The van der Waals surface area contributed by atoms with Crippen molar-refractivity contribution in [1.82, 2.24) is 20.9 Å². The molecule has 1 saturated carbocycles. The monoisotopic (exact) mass is 623 g/mol. The molecular formula is C30H49N5O7S. The van der Waals surface area contributed by atoms with E-state index in [9.17, 15) is 32.4 Å². The van der Waals surface area contributed by atoms with Crippen molar-refractivity contribution >= 4 is 39.4 Å². The van der Waals surface area contributed by atoms with E-state index >= 15 is 0 Å². The van der Waals surface area contributed by atoms with Gasteiger partial charge in [-0.2, -0.15) is 0 Å². The van der Waals surface area contributed by atoms with Crippen molar-refractivity contribution in [3.8, 4) is 12.3 Å².